The summed E-state index contributed by atoms with van der Waals surface area (Å²) in [6, 6.07) is 0. The Morgan fingerprint density at radius 2 is 1.80 bits per heavy atom. The number of hydrogen-bond acceptors (Lipinski definition) is 3. The topological polar surface area (TPSA) is 33.8 Å². The fourth-order valence-electron chi connectivity index (χ4n) is 1.06. The zero-order chi connectivity index (χ0) is 11.5. The Bertz CT molecular complexity index is 280. The number of likely N-dealkylation sites (N-methyl/N-ethyl adjacent to an activating group) is 1. The van der Waals surface area contributed by atoms with Crippen LogP contribution in [-0.4, -0.2) is 48.7 Å². The molecule has 0 saturated heterocycles. The van der Waals surface area contributed by atoms with Crippen LogP contribution < -0.4 is 0 Å². The van der Waals surface area contributed by atoms with Gasteiger partial charge in [0, 0.05) is 13.8 Å². The van der Waals surface area contributed by atoms with Crippen LogP contribution in [0.5, 0.6) is 0 Å². The number of ether oxygens (including phenoxy) is 2. The van der Waals surface area contributed by atoms with Crippen molar-refractivity contribution < 1.29 is 14.0 Å². The molecule has 0 aromatic heterocycles. The first-order valence-corrected chi connectivity index (χ1v) is 5.17. The van der Waals surface area contributed by atoms with Crippen molar-refractivity contribution in [1.82, 2.24) is 0 Å². The molecule has 2 heterocycles. The largest absolute Gasteiger partial charge is 0.481 e. The highest BCUT2D eigenvalue weighted by Gasteiger charge is 2.32. The molecule has 0 aromatic rings. The minimum absolute atomic E-state index is 0.0417. The smallest absolute Gasteiger partial charge is 0.324 e. The number of rotatable bonds is 0. The second-order valence-corrected chi connectivity index (χ2v) is 5.20. The lowest BCUT2D eigenvalue weighted by molar-refractivity contribution is -0.559. The molecule has 0 spiro atoms. The highest BCUT2D eigenvalue weighted by atomic mass is 16.5. The molecule has 2 aliphatic heterocycles. The molecule has 0 radical (unpaired) electrons. The second-order valence-electron chi connectivity index (χ2n) is 5.20. The summed E-state index contributed by atoms with van der Waals surface area (Å²) >= 11 is 0. The van der Waals surface area contributed by atoms with Crippen LogP contribution in [0.2, 0.25) is 0 Å². The number of aliphatic imine (C=N–C) groups is 1. The Kier molecular flexibility index (Phi) is 3.37. The van der Waals surface area contributed by atoms with E-state index in [1.54, 1.807) is 6.40 Å². The van der Waals surface area contributed by atoms with Gasteiger partial charge < -0.3 is 9.47 Å². The normalized spacial score (nSPS) is 24.7. The van der Waals surface area contributed by atoms with Crippen molar-refractivity contribution in [2.24, 2.45) is 4.99 Å². The van der Waals surface area contributed by atoms with Gasteiger partial charge >= 0.3 is 6.40 Å². The monoisotopic (exact) mass is 213 g/mol. The van der Waals surface area contributed by atoms with E-state index >= 15 is 0 Å². The lowest BCUT2D eigenvalue weighted by Crippen LogP contribution is -2.32. The van der Waals surface area contributed by atoms with E-state index in [9.17, 15) is 0 Å². The van der Waals surface area contributed by atoms with E-state index < -0.39 is 0 Å². The predicted octanol–water partition coefficient (Wildman–Crippen LogP) is 1.29. The molecule has 0 amide bonds. The van der Waals surface area contributed by atoms with Gasteiger partial charge in [0.2, 0.25) is 0 Å². The molecule has 4 nitrogen and oxygen atoms in total. The maximum Gasteiger partial charge on any atom is 0.324 e. The van der Waals surface area contributed by atoms with Crippen LogP contribution in [0.25, 0.3) is 0 Å². The van der Waals surface area contributed by atoms with Gasteiger partial charge in [-0.15, -0.1) is 0 Å². The van der Waals surface area contributed by atoms with Crippen LogP contribution in [0.3, 0.4) is 0 Å². The van der Waals surface area contributed by atoms with E-state index in [0.717, 1.165) is 13.2 Å². The van der Waals surface area contributed by atoms with Crippen molar-refractivity contribution in [2.75, 3.05) is 20.3 Å². The zero-order valence-corrected chi connectivity index (χ0v) is 10.3. The highest BCUT2D eigenvalue weighted by molar-refractivity contribution is 5.49. The molecule has 2 rings (SSSR count). The van der Waals surface area contributed by atoms with Crippen LogP contribution in [-0.2, 0) is 9.47 Å². The van der Waals surface area contributed by atoms with Gasteiger partial charge in [-0.1, -0.05) is 0 Å². The zero-order valence-electron chi connectivity index (χ0n) is 10.3. The van der Waals surface area contributed by atoms with E-state index in [1.807, 2.05) is 20.9 Å². The summed E-state index contributed by atoms with van der Waals surface area (Å²) in [5, 5.41) is 0. The van der Waals surface area contributed by atoms with Gasteiger partial charge in [-0.3, -0.25) is 0 Å². The Morgan fingerprint density at radius 3 is 1.93 bits per heavy atom. The van der Waals surface area contributed by atoms with Crippen LogP contribution in [0.1, 0.15) is 27.7 Å². The van der Waals surface area contributed by atoms with Gasteiger partial charge in [0.25, 0.3) is 0 Å². The molecule has 2 aliphatic rings. The van der Waals surface area contributed by atoms with Crippen molar-refractivity contribution in [3.63, 3.8) is 0 Å². The summed E-state index contributed by atoms with van der Waals surface area (Å²) in [4.78, 5) is 4.02. The summed E-state index contributed by atoms with van der Waals surface area (Å²) in [6.07, 6.45) is 3.28. The summed E-state index contributed by atoms with van der Waals surface area (Å²) < 4.78 is 12.0. The molecular formula is C11H21N2O2+. The minimum Gasteiger partial charge on any atom is -0.481 e. The Morgan fingerprint density at radius 1 is 1.13 bits per heavy atom. The Balaban J connectivity index is 0.000000151. The van der Waals surface area contributed by atoms with E-state index in [0.29, 0.717) is 0 Å². The Labute approximate surface area is 91.6 Å². The fraction of sp³-hybridized carbons (Fsp3) is 0.818. The van der Waals surface area contributed by atoms with Crippen molar-refractivity contribution in [2.45, 2.75) is 38.8 Å². The molecule has 0 saturated carbocycles. The molecule has 0 aromatic carbocycles. The predicted molar refractivity (Wildman–Crippen MR) is 60.8 cm³/mol. The van der Waals surface area contributed by atoms with Crippen molar-refractivity contribution >= 4 is 12.8 Å². The first-order chi connectivity index (χ1) is 6.83. The van der Waals surface area contributed by atoms with E-state index in [4.69, 9.17) is 9.47 Å². The Hall–Kier alpha value is -1.06. The summed E-state index contributed by atoms with van der Waals surface area (Å²) in [5.41, 5.74) is 0.250. The molecule has 0 unspecified atom stereocenters. The standard InChI is InChI=1S/C6H12NO.C5H9NO/c1-6(2)4-8-5-7(6)3;1-5(2)3-7-4-6-5/h5H,4H2,1-3H3;4H,3H2,1-2H3/q+1;. The molecule has 0 bridgehead atoms. The van der Waals surface area contributed by atoms with Gasteiger partial charge in [-0.05, 0) is 13.8 Å². The third-order valence-corrected chi connectivity index (χ3v) is 2.54. The van der Waals surface area contributed by atoms with Crippen molar-refractivity contribution in [3.8, 4) is 0 Å². The molecular weight excluding hydrogens is 192 g/mol. The lowest BCUT2D eigenvalue weighted by Gasteiger charge is -2.08. The van der Waals surface area contributed by atoms with E-state index in [2.05, 4.69) is 23.4 Å². The van der Waals surface area contributed by atoms with Gasteiger partial charge in [-0.25, -0.2) is 4.99 Å². The van der Waals surface area contributed by atoms with Crippen molar-refractivity contribution in [3.05, 3.63) is 0 Å². The van der Waals surface area contributed by atoms with Crippen LogP contribution in [0, 0.1) is 0 Å². The summed E-state index contributed by atoms with van der Waals surface area (Å²) in [6.45, 7) is 9.91. The van der Waals surface area contributed by atoms with Gasteiger partial charge in [0.05, 0.1) is 5.54 Å². The first-order valence-electron chi connectivity index (χ1n) is 5.17. The summed E-state index contributed by atoms with van der Waals surface area (Å²) in [7, 11) is 2.02. The molecule has 0 atom stereocenters. The summed E-state index contributed by atoms with van der Waals surface area (Å²) in [5.74, 6) is 0. The van der Waals surface area contributed by atoms with Gasteiger partial charge in [0.15, 0.2) is 18.5 Å². The average molecular weight is 213 g/mol. The van der Waals surface area contributed by atoms with E-state index in [1.165, 1.54) is 6.40 Å². The SMILES string of the molecule is CC1(C)COC=N1.C[N+]1=COCC1(C)C. The highest BCUT2D eigenvalue weighted by Crippen LogP contribution is 2.12. The fourth-order valence-corrected chi connectivity index (χ4v) is 1.06. The van der Waals surface area contributed by atoms with Crippen LogP contribution in [0.4, 0.5) is 0 Å². The number of nitrogens with zero attached hydrogens (tertiary/aromatic N) is 2. The maximum atomic E-state index is 5.07. The molecule has 86 valence electrons. The molecule has 0 aliphatic carbocycles. The van der Waals surface area contributed by atoms with Crippen LogP contribution >= 0.6 is 0 Å². The maximum absolute atomic E-state index is 5.07. The number of hydrogen-bond donors (Lipinski definition) is 0. The molecule has 4 heteroatoms. The molecule has 0 fully saturated rings. The molecule has 15 heavy (non-hydrogen) atoms. The van der Waals surface area contributed by atoms with E-state index in [-0.39, 0.29) is 11.1 Å². The quantitative estimate of drug-likeness (QED) is 0.568. The average Bonchev–Trinajstić information content (AvgIpc) is 2.61. The van der Waals surface area contributed by atoms with Gasteiger partial charge in [-0.2, -0.15) is 4.58 Å². The van der Waals surface area contributed by atoms with Crippen molar-refractivity contribution in [1.29, 1.82) is 0 Å². The third kappa shape index (κ3) is 3.53. The second kappa shape index (κ2) is 4.21. The van der Waals surface area contributed by atoms with Gasteiger partial charge in [0.1, 0.15) is 13.7 Å². The third-order valence-electron chi connectivity index (χ3n) is 2.54. The minimum atomic E-state index is 0.0417. The van der Waals surface area contributed by atoms with Crippen LogP contribution in [0.15, 0.2) is 4.99 Å². The first kappa shape index (κ1) is 12.0. The molecule has 0 N–H and O–H groups in total. The lowest BCUT2D eigenvalue weighted by atomic mass is 10.1.